The molecular formula is C11H15N3O6S2. The normalized spacial score (nSPS) is 25.8. The molecule has 1 aromatic heterocycles. The highest BCUT2D eigenvalue weighted by molar-refractivity contribution is 7.95. The molecule has 3 unspecified atom stereocenters. The number of hydrogen-bond donors (Lipinski definition) is 2. The Kier molecular flexibility index (Phi) is 5.43. The summed E-state index contributed by atoms with van der Waals surface area (Å²) < 4.78 is 38.3. The zero-order valence-electron chi connectivity index (χ0n) is 11.6. The van der Waals surface area contributed by atoms with Crippen molar-refractivity contribution in [1.29, 1.82) is 0 Å². The van der Waals surface area contributed by atoms with E-state index in [0.717, 1.165) is 12.0 Å². The molecule has 0 radical (unpaired) electrons. The van der Waals surface area contributed by atoms with Crippen LogP contribution in [0.15, 0.2) is 6.20 Å². The van der Waals surface area contributed by atoms with Crippen LogP contribution in [0.1, 0.15) is 31.0 Å². The van der Waals surface area contributed by atoms with Crippen LogP contribution in [-0.4, -0.2) is 38.5 Å². The lowest BCUT2D eigenvalue weighted by Gasteiger charge is -2.32. The van der Waals surface area contributed by atoms with Gasteiger partial charge in [-0.05, 0) is 26.2 Å². The highest BCUT2D eigenvalue weighted by atomic mass is 32.2. The fourth-order valence-electron chi connectivity index (χ4n) is 2.68. The summed E-state index contributed by atoms with van der Waals surface area (Å²) in [6, 6.07) is -0.309. The van der Waals surface area contributed by atoms with E-state index in [0.29, 0.717) is 17.8 Å². The molecule has 0 amide bonds. The zero-order valence-corrected chi connectivity index (χ0v) is 13.2. The molecule has 122 valence electrons. The third-order valence-corrected chi connectivity index (χ3v) is 5.73. The summed E-state index contributed by atoms with van der Waals surface area (Å²) in [5.74, 6) is 0. The van der Waals surface area contributed by atoms with Crippen LogP contribution in [0.2, 0.25) is 0 Å². The minimum atomic E-state index is -4.21. The summed E-state index contributed by atoms with van der Waals surface area (Å²) in [6.07, 6.45) is 2.28. The van der Waals surface area contributed by atoms with E-state index in [-0.39, 0.29) is 24.1 Å². The third kappa shape index (κ3) is 3.78. The number of nitrogens with zero attached hydrogens (tertiary/aromatic N) is 3. The van der Waals surface area contributed by atoms with Gasteiger partial charge in [-0.3, -0.25) is 9.23 Å². The molecule has 9 nitrogen and oxygen atoms in total. The average molecular weight is 349 g/mol. The van der Waals surface area contributed by atoms with Gasteiger partial charge in [-0.15, -0.1) is 4.33 Å². The van der Waals surface area contributed by atoms with Crippen LogP contribution in [0, 0.1) is 13.5 Å². The zero-order chi connectivity index (χ0) is 16.3. The van der Waals surface area contributed by atoms with Crippen molar-refractivity contribution in [3.05, 3.63) is 23.3 Å². The van der Waals surface area contributed by atoms with Crippen LogP contribution in [0.4, 0.5) is 5.69 Å². The molecule has 0 bridgehead atoms. The lowest BCUT2D eigenvalue weighted by molar-refractivity contribution is -0.432. The Hall–Kier alpha value is -1.16. The number of aromatic nitrogens is 2. The van der Waals surface area contributed by atoms with Crippen LogP contribution in [-0.2, 0) is 19.5 Å². The summed E-state index contributed by atoms with van der Waals surface area (Å²) in [4.78, 5) is 3.34. The number of hydrogen-bond acceptors (Lipinski definition) is 7. The van der Waals surface area contributed by atoms with E-state index in [1.165, 1.54) is 6.20 Å². The van der Waals surface area contributed by atoms with E-state index >= 15 is 0 Å². The lowest BCUT2D eigenvalue weighted by Crippen LogP contribution is -2.35. The fraction of sp³-hybridized carbons (Fsp3) is 0.636. The summed E-state index contributed by atoms with van der Waals surface area (Å²) in [5.41, 5.74) is 1.03. The minimum Gasteiger partial charge on any atom is -0.285 e. The first-order valence-electron chi connectivity index (χ1n) is 6.38. The molecule has 22 heavy (non-hydrogen) atoms. The highest BCUT2D eigenvalue weighted by Gasteiger charge is 2.38. The van der Waals surface area contributed by atoms with Crippen molar-refractivity contribution in [1.82, 2.24) is 9.78 Å². The largest absolute Gasteiger partial charge is 0.285 e. The molecule has 0 spiro atoms. The third-order valence-electron chi connectivity index (χ3n) is 3.71. The second-order valence-electron chi connectivity index (χ2n) is 5.03. The summed E-state index contributed by atoms with van der Waals surface area (Å²) in [5, 5.41) is 14.6. The van der Waals surface area contributed by atoms with Gasteiger partial charge in [0.15, 0.2) is 0 Å². The van der Waals surface area contributed by atoms with Crippen LogP contribution in [0.5, 0.6) is 0 Å². The quantitative estimate of drug-likeness (QED) is 0.273. The molecule has 1 saturated carbocycles. The summed E-state index contributed by atoms with van der Waals surface area (Å²) in [6.45, 7) is 8.78. The predicted octanol–water partition coefficient (Wildman–Crippen LogP) is 2.16. The maximum absolute atomic E-state index is 11.5. The standard InChI is InChI=1S/C11H15N3O6S2/c1-7-11(12-2)6-13-14(7)8-3-9(21-20-19-15)5-10(4-8)22(16,17)18/h6,8-10,15H,3-5H2,1H3,(H,16,17,18). The summed E-state index contributed by atoms with van der Waals surface area (Å²) >= 11 is 0.785. The van der Waals surface area contributed by atoms with Crippen molar-refractivity contribution in [2.75, 3.05) is 0 Å². The molecule has 2 rings (SSSR count). The molecule has 1 aliphatic carbocycles. The lowest BCUT2D eigenvalue weighted by atomic mass is 9.94. The Balaban J connectivity index is 2.25. The van der Waals surface area contributed by atoms with Gasteiger partial charge >= 0.3 is 0 Å². The average Bonchev–Trinajstić information content (AvgIpc) is 2.84. The van der Waals surface area contributed by atoms with E-state index in [4.69, 9.17) is 11.8 Å². The van der Waals surface area contributed by atoms with Crippen molar-refractivity contribution >= 4 is 27.8 Å². The van der Waals surface area contributed by atoms with E-state index in [1.54, 1.807) is 11.6 Å². The van der Waals surface area contributed by atoms with Gasteiger partial charge in [-0.2, -0.15) is 13.5 Å². The Morgan fingerprint density at radius 3 is 2.77 bits per heavy atom. The molecular weight excluding hydrogens is 334 g/mol. The SMILES string of the molecule is [C-]#[N+]c1cnn(C2CC(SOOO)CC(S(=O)(=O)O)C2)c1C. The molecule has 0 saturated heterocycles. The van der Waals surface area contributed by atoms with E-state index in [1.807, 2.05) is 0 Å². The molecule has 1 aromatic rings. The Morgan fingerprint density at radius 1 is 1.50 bits per heavy atom. The smallest absolute Gasteiger partial charge is 0.267 e. The Labute approximate surface area is 131 Å². The van der Waals surface area contributed by atoms with Crippen LogP contribution >= 0.6 is 12.0 Å². The maximum Gasteiger partial charge on any atom is 0.267 e. The topological polar surface area (TPSA) is 115 Å². The molecule has 0 aromatic carbocycles. The van der Waals surface area contributed by atoms with Crippen LogP contribution < -0.4 is 0 Å². The monoisotopic (exact) mass is 349 g/mol. The Morgan fingerprint density at radius 2 is 2.23 bits per heavy atom. The second-order valence-corrected chi connectivity index (χ2v) is 7.72. The van der Waals surface area contributed by atoms with E-state index < -0.39 is 15.4 Å². The van der Waals surface area contributed by atoms with E-state index in [9.17, 15) is 13.0 Å². The first kappa shape index (κ1) is 17.2. The van der Waals surface area contributed by atoms with Crippen molar-refractivity contribution in [3.8, 4) is 0 Å². The minimum absolute atomic E-state index is 0.166. The van der Waals surface area contributed by atoms with Gasteiger partial charge in [0.05, 0.1) is 24.1 Å². The molecule has 1 aliphatic rings. The maximum atomic E-state index is 11.5. The first-order valence-corrected chi connectivity index (χ1v) is 8.69. The summed E-state index contributed by atoms with van der Waals surface area (Å²) in [7, 11) is -4.21. The fourth-order valence-corrected chi connectivity index (χ4v) is 4.50. The van der Waals surface area contributed by atoms with Gasteiger partial charge in [0.2, 0.25) is 5.69 Å². The highest BCUT2D eigenvalue weighted by Crippen LogP contribution is 2.39. The molecule has 2 N–H and O–H groups in total. The van der Waals surface area contributed by atoms with Gasteiger partial charge in [0.25, 0.3) is 10.1 Å². The van der Waals surface area contributed by atoms with Gasteiger partial charge < -0.3 is 0 Å². The van der Waals surface area contributed by atoms with Crippen LogP contribution in [0.3, 0.4) is 0 Å². The van der Waals surface area contributed by atoms with Gasteiger partial charge in [0.1, 0.15) is 0 Å². The van der Waals surface area contributed by atoms with Gasteiger partial charge in [0, 0.05) is 23.0 Å². The molecule has 3 atom stereocenters. The van der Waals surface area contributed by atoms with E-state index in [2.05, 4.69) is 19.3 Å². The van der Waals surface area contributed by atoms with Gasteiger partial charge in [-0.1, -0.05) is 5.04 Å². The van der Waals surface area contributed by atoms with Gasteiger partial charge in [-0.25, -0.2) is 10.1 Å². The predicted molar refractivity (Wildman–Crippen MR) is 77.6 cm³/mol. The number of rotatable bonds is 5. The molecule has 1 fully saturated rings. The van der Waals surface area contributed by atoms with Crippen molar-refractivity contribution < 1.29 is 27.6 Å². The molecule has 1 heterocycles. The van der Waals surface area contributed by atoms with Crippen molar-refractivity contribution in [3.63, 3.8) is 0 Å². The second kappa shape index (κ2) is 6.95. The van der Waals surface area contributed by atoms with Crippen molar-refractivity contribution in [2.45, 2.75) is 42.7 Å². The van der Waals surface area contributed by atoms with Crippen LogP contribution in [0.25, 0.3) is 4.85 Å². The molecule has 11 heteroatoms. The van der Waals surface area contributed by atoms with Crippen molar-refractivity contribution in [2.24, 2.45) is 0 Å². The first-order chi connectivity index (χ1) is 10.4. The molecule has 0 aliphatic heterocycles. The Bertz CT molecular complexity index is 668.